The number of hydrogen-bond donors (Lipinski definition) is 0. The minimum atomic E-state index is -0.634. The van der Waals surface area contributed by atoms with Gasteiger partial charge in [-0.05, 0) is 45.0 Å². The fraction of sp³-hybridized carbons (Fsp3) is 0.478. The highest BCUT2D eigenvalue weighted by molar-refractivity contribution is 6.18. The van der Waals surface area contributed by atoms with E-state index in [-0.39, 0.29) is 11.9 Å². The number of carbonyl (C=O) groups excluding carboxylic acids is 2. The molecule has 0 spiro atoms. The van der Waals surface area contributed by atoms with Gasteiger partial charge in [-0.25, -0.2) is 9.36 Å². The maximum Gasteiger partial charge on any atom is 0.407 e. The highest BCUT2D eigenvalue weighted by atomic mass is 16.5. The van der Waals surface area contributed by atoms with Crippen molar-refractivity contribution in [2.24, 2.45) is 4.99 Å². The predicted octanol–water partition coefficient (Wildman–Crippen LogP) is 2.05. The van der Waals surface area contributed by atoms with Gasteiger partial charge in [0, 0.05) is 20.6 Å². The molecule has 0 bridgehead atoms. The Morgan fingerprint density at radius 2 is 1.84 bits per heavy atom. The third kappa shape index (κ3) is 3.28. The van der Waals surface area contributed by atoms with Crippen LogP contribution in [0.4, 0.5) is 10.7 Å². The van der Waals surface area contributed by atoms with Gasteiger partial charge in [0.15, 0.2) is 5.75 Å². The average Bonchev–Trinajstić information content (AvgIpc) is 3.32. The molecule has 0 saturated carbocycles. The van der Waals surface area contributed by atoms with Crippen molar-refractivity contribution in [2.75, 3.05) is 40.3 Å². The number of piperidine rings is 1. The summed E-state index contributed by atoms with van der Waals surface area (Å²) in [4.78, 5) is 35.0. The first-order valence-electron chi connectivity index (χ1n) is 11.2. The number of benzene rings is 1. The molecular formula is C23H29N6O3+. The van der Waals surface area contributed by atoms with Gasteiger partial charge in [-0.2, -0.15) is 4.57 Å². The zero-order valence-electron chi connectivity index (χ0n) is 18.8. The molecule has 0 aliphatic carbocycles. The number of aliphatic imine (C=N–C) groups is 1. The lowest BCUT2D eigenvalue weighted by Gasteiger charge is -2.30. The lowest BCUT2D eigenvalue weighted by molar-refractivity contribution is -0.676. The molecule has 3 aliphatic heterocycles. The number of amidine groups is 1. The van der Waals surface area contributed by atoms with Crippen LogP contribution >= 0.6 is 0 Å². The summed E-state index contributed by atoms with van der Waals surface area (Å²) in [6, 6.07) is 6.88. The maximum atomic E-state index is 12.9. The number of nitrogens with zero attached hydrogens (tertiary/aromatic N) is 6. The fourth-order valence-electron chi connectivity index (χ4n) is 4.79. The Morgan fingerprint density at radius 1 is 1.09 bits per heavy atom. The van der Waals surface area contributed by atoms with Gasteiger partial charge in [-0.3, -0.25) is 19.5 Å². The van der Waals surface area contributed by atoms with Crippen LogP contribution in [0.5, 0.6) is 5.75 Å². The highest BCUT2D eigenvalue weighted by Crippen LogP contribution is 2.33. The number of urea groups is 1. The number of para-hydroxylation sites is 2. The summed E-state index contributed by atoms with van der Waals surface area (Å²) in [6.45, 7) is 5.78. The van der Waals surface area contributed by atoms with E-state index in [0.29, 0.717) is 18.4 Å². The number of imide groups is 1. The fourth-order valence-corrected chi connectivity index (χ4v) is 4.79. The summed E-state index contributed by atoms with van der Waals surface area (Å²) in [6.07, 6.45) is 5.75. The number of likely N-dealkylation sites (tertiary alicyclic amines) is 1. The van der Waals surface area contributed by atoms with Gasteiger partial charge in [-0.15, -0.1) is 0 Å². The van der Waals surface area contributed by atoms with E-state index in [1.165, 1.54) is 31.2 Å². The van der Waals surface area contributed by atoms with Crippen molar-refractivity contribution in [3.63, 3.8) is 0 Å². The number of hydrogen-bond acceptors (Lipinski definition) is 5. The van der Waals surface area contributed by atoms with Crippen LogP contribution in [0, 0.1) is 6.92 Å². The van der Waals surface area contributed by atoms with E-state index in [9.17, 15) is 9.59 Å². The van der Waals surface area contributed by atoms with E-state index in [0.717, 1.165) is 41.7 Å². The number of likely N-dealkylation sites (N-methyl/N-ethyl adjacent to an activating group) is 2. The zero-order chi connectivity index (χ0) is 22.4. The third-order valence-electron chi connectivity index (χ3n) is 6.55. The van der Waals surface area contributed by atoms with Crippen LogP contribution in [0.15, 0.2) is 35.5 Å². The molecule has 9 nitrogen and oxygen atoms in total. The molecule has 2 aromatic rings. The first kappa shape index (κ1) is 20.7. The quantitative estimate of drug-likeness (QED) is 0.671. The second-order valence-corrected chi connectivity index (χ2v) is 8.64. The van der Waals surface area contributed by atoms with Crippen molar-refractivity contribution in [2.45, 2.75) is 32.2 Å². The molecule has 3 amide bonds. The van der Waals surface area contributed by atoms with Gasteiger partial charge in [0.2, 0.25) is 11.9 Å². The first-order valence-corrected chi connectivity index (χ1v) is 11.2. The monoisotopic (exact) mass is 437 g/mol. The summed E-state index contributed by atoms with van der Waals surface area (Å²) in [7, 11) is 3.16. The Kier molecular flexibility index (Phi) is 5.21. The maximum absolute atomic E-state index is 12.9. The molecule has 1 atom stereocenters. The Bertz CT molecular complexity index is 1100. The number of aryl methyl sites for hydroxylation is 1. The molecule has 2 fully saturated rings. The minimum Gasteiger partial charge on any atom is -0.489 e. The number of aromatic nitrogens is 2. The molecule has 9 heteroatoms. The first-order chi connectivity index (χ1) is 15.5. The smallest absolute Gasteiger partial charge is 0.407 e. The second kappa shape index (κ2) is 8.05. The van der Waals surface area contributed by atoms with Crippen LogP contribution in [0.3, 0.4) is 0 Å². The van der Waals surface area contributed by atoms with Gasteiger partial charge in [-0.1, -0.05) is 23.5 Å². The Labute approximate surface area is 187 Å². The van der Waals surface area contributed by atoms with Crippen molar-refractivity contribution in [1.82, 2.24) is 19.3 Å². The van der Waals surface area contributed by atoms with Crippen molar-refractivity contribution >= 4 is 23.7 Å². The SMILES string of the molecule is Cc1c[n+]2c(n1-c1ccccc1OCCN1CCCCC1)N=C1C2C(=O)N(C)C(=O)N1C. The topological polar surface area (TPSA) is 74.3 Å². The molecule has 5 rings (SSSR count). The van der Waals surface area contributed by atoms with Crippen LogP contribution in [0.25, 0.3) is 5.69 Å². The van der Waals surface area contributed by atoms with E-state index in [1.807, 2.05) is 46.5 Å². The van der Waals surface area contributed by atoms with E-state index in [2.05, 4.69) is 4.90 Å². The summed E-state index contributed by atoms with van der Waals surface area (Å²) in [5, 5.41) is 0. The predicted molar refractivity (Wildman–Crippen MR) is 119 cm³/mol. The van der Waals surface area contributed by atoms with Gasteiger partial charge in [0.25, 0.3) is 5.91 Å². The number of carbonyl (C=O) groups is 2. The Hall–Kier alpha value is -3.20. The summed E-state index contributed by atoms with van der Waals surface area (Å²) < 4.78 is 10.1. The largest absolute Gasteiger partial charge is 0.489 e. The second-order valence-electron chi connectivity index (χ2n) is 8.64. The normalized spacial score (nSPS) is 21.0. The summed E-state index contributed by atoms with van der Waals surface area (Å²) in [5.74, 6) is 1.55. The lowest BCUT2D eigenvalue weighted by atomic mass is 10.1. The van der Waals surface area contributed by atoms with E-state index in [4.69, 9.17) is 9.73 Å². The molecule has 2 saturated heterocycles. The standard InChI is InChI=1S/C23H29N6O3/c1-16-15-28-19-20(25(2)23(31)26(3)21(19)30)24-22(28)29(16)17-9-5-6-10-18(17)32-14-13-27-11-7-4-8-12-27/h5-6,9-10,15,19H,4,7-8,11-14H2,1-3H3/q+1. The Balaban J connectivity index is 1.46. The molecule has 1 aromatic heterocycles. The molecular weight excluding hydrogens is 408 g/mol. The molecule has 1 aromatic carbocycles. The highest BCUT2D eigenvalue weighted by Gasteiger charge is 2.52. The molecule has 4 heterocycles. The molecule has 0 N–H and O–H groups in total. The molecule has 168 valence electrons. The van der Waals surface area contributed by atoms with Crippen molar-refractivity contribution < 1.29 is 18.9 Å². The summed E-state index contributed by atoms with van der Waals surface area (Å²) >= 11 is 0. The molecule has 3 aliphatic rings. The third-order valence-corrected chi connectivity index (χ3v) is 6.55. The van der Waals surface area contributed by atoms with Crippen molar-refractivity contribution in [1.29, 1.82) is 0 Å². The number of imidazole rings is 1. The van der Waals surface area contributed by atoms with Crippen molar-refractivity contribution in [3.8, 4) is 11.4 Å². The molecule has 1 unspecified atom stereocenters. The van der Waals surface area contributed by atoms with Crippen LogP contribution in [0.2, 0.25) is 0 Å². The van der Waals surface area contributed by atoms with Crippen LogP contribution in [-0.2, 0) is 4.79 Å². The minimum absolute atomic E-state index is 0.279. The molecule has 32 heavy (non-hydrogen) atoms. The van der Waals surface area contributed by atoms with Gasteiger partial charge >= 0.3 is 12.0 Å². The number of amides is 3. The number of ether oxygens (including phenoxy) is 1. The van der Waals surface area contributed by atoms with Gasteiger partial charge < -0.3 is 4.74 Å². The van der Waals surface area contributed by atoms with Crippen LogP contribution < -0.4 is 9.30 Å². The molecule has 0 radical (unpaired) electrons. The van der Waals surface area contributed by atoms with Crippen LogP contribution in [0.1, 0.15) is 31.0 Å². The lowest BCUT2D eigenvalue weighted by Crippen LogP contribution is -2.61. The van der Waals surface area contributed by atoms with Gasteiger partial charge in [0.1, 0.15) is 24.2 Å². The number of fused-ring (bicyclic) bond motifs is 3. The number of rotatable bonds is 5. The summed E-state index contributed by atoms with van der Waals surface area (Å²) in [5.41, 5.74) is 1.81. The van der Waals surface area contributed by atoms with E-state index in [1.54, 1.807) is 7.05 Å². The van der Waals surface area contributed by atoms with E-state index < -0.39 is 6.04 Å². The van der Waals surface area contributed by atoms with Crippen molar-refractivity contribution in [3.05, 3.63) is 36.2 Å². The zero-order valence-corrected chi connectivity index (χ0v) is 18.8. The van der Waals surface area contributed by atoms with Crippen LogP contribution in [-0.4, -0.2) is 77.4 Å². The average molecular weight is 438 g/mol. The Morgan fingerprint density at radius 3 is 2.62 bits per heavy atom. The van der Waals surface area contributed by atoms with E-state index >= 15 is 0 Å². The van der Waals surface area contributed by atoms with Gasteiger partial charge in [0.05, 0.1) is 0 Å².